The second-order valence-corrected chi connectivity index (χ2v) is 6.17. The van der Waals surface area contributed by atoms with Crippen LogP contribution in [0.2, 0.25) is 5.02 Å². The second kappa shape index (κ2) is 7.86. The number of ether oxygens (including phenoxy) is 1. The summed E-state index contributed by atoms with van der Waals surface area (Å²) in [6, 6.07) is 23.0. The molecule has 1 amide bonds. The van der Waals surface area contributed by atoms with Crippen LogP contribution in [-0.4, -0.2) is 12.5 Å². The minimum atomic E-state index is -0.218. The van der Waals surface area contributed by atoms with E-state index in [1.54, 1.807) is 24.3 Å². The van der Waals surface area contributed by atoms with Crippen molar-refractivity contribution in [2.24, 2.45) is 0 Å². The molecule has 0 bridgehead atoms. The first-order chi connectivity index (χ1) is 12.1. The zero-order valence-corrected chi connectivity index (χ0v) is 14.6. The number of anilines is 1. The average Bonchev–Trinajstić information content (AvgIpc) is 2.63. The molecule has 0 saturated heterocycles. The maximum absolute atomic E-state index is 11.9. The van der Waals surface area contributed by atoms with E-state index in [2.05, 4.69) is 36.5 Å². The number of carbonyl (C=O) groups is 1. The minimum absolute atomic E-state index is 0.0491. The highest BCUT2D eigenvalue weighted by Gasteiger charge is 2.04. The SMILES string of the molecule is Cc1ccc(-c2ccc(OCC(=O)Nc3ccc(Cl)cc3)cc2)cc1. The quantitative estimate of drug-likeness (QED) is 0.674. The Hall–Kier alpha value is -2.78. The largest absolute Gasteiger partial charge is 0.484 e. The van der Waals surface area contributed by atoms with Crippen molar-refractivity contribution in [3.63, 3.8) is 0 Å². The molecule has 0 aliphatic carbocycles. The van der Waals surface area contributed by atoms with E-state index in [1.165, 1.54) is 5.56 Å². The van der Waals surface area contributed by atoms with E-state index in [1.807, 2.05) is 24.3 Å². The van der Waals surface area contributed by atoms with Crippen LogP contribution in [0.3, 0.4) is 0 Å². The lowest BCUT2D eigenvalue weighted by Crippen LogP contribution is -2.20. The van der Waals surface area contributed by atoms with Crippen LogP contribution in [0, 0.1) is 6.92 Å². The molecule has 0 aliphatic rings. The van der Waals surface area contributed by atoms with Gasteiger partial charge in [-0.3, -0.25) is 4.79 Å². The standard InChI is InChI=1S/C21H18ClNO2/c1-15-2-4-16(5-3-15)17-6-12-20(13-7-17)25-14-21(24)23-19-10-8-18(22)9-11-19/h2-13H,14H2,1H3,(H,23,24). The van der Waals surface area contributed by atoms with Gasteiger partial charge >= 0.3 is 0 Å². The highest BCUT2D eigenvalue weighted by Crippen LogP contribution is 2.22. The summed E-state index contributed by atoms with van der Waals surface area (Å²) in [6.07, 6.45) is 0. The molecule has 3 rings (SSSR count). The van der Waals surface area contributed by atoms with Gasteiger partial charge in [-0.1, -0.05) is 53.6 Å². The van der Waals surface area contributed by atoms with Crippen molar-refractivity contribution in [1.82, 2.24) is 0 Å². The number of carbonyl (C=O) groups excluding carboxylic acids is 1. The first-order valence-electron chi connectivity index (χ1n) is 7.95. The van der Waals surface area contributed by atoms with Gasteiger partial charge in [0.15, 0.2) is 6.61 Å². The first kappa shape index (κ1) is 17.1. The van der Waals surface area contributed by atoms with Gasteiger partial charge in [-0.15, -0.1) is 0 Å². The molecule has 0 heterocycles. The third-order valence-electron chi connectivity index (χ3n) is 3.74. The average molecular weight is 352 g/mol. The van der Waals surface area contributed by atoms with Crippen molar-refractivity contribution in [1.29, 1.82) is 0 Å². The van der Waals surface area contributed by atoms with Gasteiger partial charge in [0.25, 0.3) is 5.91 Å². The van der Waals surface area contributed by atoms with Gasteiger partial charge in [-0.05, 0) is 54.4 Å². The Morgan fingerprint density at radius 2 is 1.44 bits per heavy atom. The van der Waals surface area contributed by atoms with Gasteiger partial charge in [0, 0.05) is 10.7 Å². The molecule has 0 aromatic heterocycles. The molecule has 25 heavy (non-hydrogen) atoms. The molecule has 0 radical (unpaired) electrons. The Morgan fingerprint density at radius 3 is 2.04 bits per heavy atom. The predicted molar refractivity (Wildman–Crippen MR) is 102 cm³/mol. The Morgan fingerprint density at radius 1 is 0.880 bits per heavy atom. The van der Waals surface area contributed by atoms with Crippen LogP contribution in [0.5, 0.6) is 5.75 Å². The van der Waals surface area contributed by atoms with Crippen molar-refractivity contribution in [3.8, 4) is 16.9 Å². The molecule has 1 N–H and O–H groups in total. The summed E-state index contributed by atoms with van der Waals surface area (Å²) in [7, 11) is 0. The van der Waals surface area contributed by atoms with Crippen LogP contribution in [0.1, 0.15) is 5.56 Å². The molecule has 4 heteroatoms. The van der Waals surface area contributed by atoms with Gasteiger partial charge in [-0.2, -0.15) is 0 Å². The minimum Gasteiger partial charge on any atom is -0.484 e. The van der Waals surface area contributed by atoms with Gasteiger partial charge < -0.3 is 10.1 Å². The second-order valence-electron chi connectivity index (χ2n) is 5.73. The van der Waals surface area contributed by atoms with E-state index in [-0.39, 0.29) is 12.5 Å². The Labute approximate surface area is 152 Å². The monoisotopic (exact) mass is 351 g/mol. The molecule has 0 fully saturated rings. The zero-order chi connectivity index (χ0) is 17.6. The number of rotatable bonds is 5. The van der Waals surface area contributed by atoms with Crippen molar-refractivity contribution >= 4 is 23.2 Å². The van der Waals surface area contributed by atoms with E-state index >= 15 is 0 Å². The smallest absolute Gasteiger partial charge is 0.262 e. The third-order valence-corrected chi connectivity index (χ3v) is 3.99. The van der Waals surface area contributed by atoms with Crippen molar-refractivity contribution in [2.45, 2.75) is 6.92 Å². The van der Waals surface area contributed by atoms with E-state index in [0.717, 1.165) is 11.1 Å². The van der Waals surface area contributed by atoms with E-state index in [4.69, 9.17) is 16.3 Å². The first-order valence-corrected chi connectivity index (χ1v) is 8.33. The number of amides is 1. The molecule has 0 saturated carbocycles. The lowest BCUT2D eigenvalue weighted by molar-refractivity contribution is -0.118. The van der Waals surface area contributed by atoms with Crippen molar-refractivity contribution in [2.75, 3.05) is 11.9 Å². The Kier molecular flexibility index (Phi) is 5.36. The molecule has 3 aromatic carbocycles. The highest BCUT2D eigenvalue weighted by atomic mass is 35.5. The maximum atomic E-state index is 11.9. The van der Waals surface area contributed by atoms with Gasteiger partial charge in [0.2, 0.25) is 0 Å². The topological polar surface area (TPSA) is 38.3 Å². The van der Waals surface area contributed by atoms with Gasteiger partial charge in [-0.25, -0.2) is 0 Å². The number of hydrogen-bond acceptors (Lipinski definition) is 2. The van der Waals surface area contributed by atoms with E-state index in [9.17, 15) is 4.79 Å². The van der Waals surface area contributed by atoms with E-state index in [0.29, 0.717) is 16.5 Å². The van der Waals surface area contributed by atoms with Crippen molar-refractivity contribution in [3.05, 3.63) is 83.4 Å². The summed E-state index contributed by atoms with van der Waals surface area (Å²) in [5.41, 5.74) is 4.18. The summed E-state index contributed by atoms with van der Waals surface area (Å²) in [6.45, 7) is 2.02. The third kappa shape index (κ3) is 4.85. The van der Waals surface area contributed by atoms with Crippen LogP contribution in [0.25, 0.3) is 11.1 Å². The lowest BCUT2D eigenvalue weighted by Gasteiger charge is -2.09. The molecule has 0 unspecified atom stereocenters. The van der Waals surface area contributed by atoms with Gasteiger partial charge in [0.1, 0.15) is 5.75 Å². The number of benzene rings is 3. The molecule has 126 valence electrons. The highest BCUT2D eigenvalue weighted by molar-refractivity contribution is 6.30. The number of halogens is 1. The molecular weight excluding hydrogens is 334 g/mol. The molecule has 3 aromatic rings. The fraction of sp³-hybridized carbons (Fsp3) is 0.0952. The van der Waals surface area contributed by atoms with Crippen molar-refractivity contribution < 1.29 is 9.53 Å². The molecule has 0 spiro atoms. The van der Waals surface area contributed by atoms with Crippen LogP contribution in [0.15, 0.2) is 72.8 Å². The van der Waals surface area contributed by atoms with Crippen LogP contribution < -0.4 is 10.1 Å². The van der Waals surface area contributed by atoms with Gasteiger partial charge in [0.05, 0.1) is 0 Å². The van der Waals surface area contributed by atoms with Crippen LogP contribution >= 0.6 is 11.6 Å². The predicted octanol–water partition coefficient (Wildman–Crippen LogP) is 5.33. The molecule has 0 aliphatic heterocycles. The number of nitrogens with one attached hydrogen (secondary N) is 1. The Bertz CT molecular complexity index is 841. The number of aryl methyl sites for hydroxylation is 1. The normalized spacial score (nSPS) is 10.3. The number of hydrogen-bond donors (Lipinski definition) is 1. The van der Waals surface area contributed by atoms with E-state index < -0.39 is 0 Å². The molecule has 0 atom stereocenters. The van der Waals surface area contributed by atoms with Crippen LogP contribution in [0.4, 0.5) is 5.69 Å². The van der Waals surface area contributed by atoms with Crippen LogP contribution in [-0.2, 0) is 4.79 Å². The summed E-state index contributed by atoms with van der Waals surface area (Å²) >= 11 is 5.82. The fourth-order valence-electron chi connectivity index (χ4n) is 2.37. The summed E-state index contributed by atoms with van der Waals surface area (Å²) in [4.78, 5) is 11.9. The zero-order valence-electron chi connectivity index (χ0n) is 13.8. The maximum Gasteiger partial charge on any atom is 0.262 e. The summed E-state index contributed by atoms with van der Waals surface area (Å²) in [5, 5.41) is 3.39. The Balaban J connectivity index is 1.55. The summed E-state index contributed by atoms with van der Waals surface area (Å²) < 4.78 is 5.54. The lowest BCUT2D eigenvalue weighted by atomic mass is 10.0. The fourth-order valence-corrected chi connectivity index (χ4v) is 2.49. The molecular formula is C21H18ClNO2. The molecule has 3 nitrogen and oxygen atoms in total. The summed E-state index contributed by atoms with van der Waals surface area (Å²) in [5.74, 6) is 0.437.